The second-order valence-electron chi connectivity index (χ2n) is 6.39. The van der Waals surface area contributed by atoms with Crippen LogP contribution in [0.3, 0.4) is 0 Å². The predicted molar refractivity (Wildman–Crippen MR) is 68.5 cm³/mol. The molecule has 0 saturated heterocycles. The Morgan fingerprint density at radius 3 is 2.06 bits per heavy atom. The Labute approximate surface area is 102 Å². The molecule has 17 heavy (non-hydrogen) atoms. The van der Waals surface area contributed by atoms with E-state index < -0.39 is 0 Å². The molecule has 92 valence electrons. The van der Waals surface area contributed by atoms with Crippen LogP contribution >= 0.6 is 0 Å². The molecule has 0 amide bonds. The van der Waals surface area contributed by atoms with Crippen LogP contribution in [0.1, 0.15) is 50.8 Å². The van der Waals surface area contributed by atoms with Gasteiger partial charge in [0.2, 0.25) is 0 Å². The number of rotatable bonds is 1. The van der Waals surface area contributed by atoms with Gasteiger partial charge in [-0.3, -0.25) is 10.1 Å². The van der Waals surface area contributed by atoms with Crippen LogP contribution in [0.25, 0.3) is 0 Å². The van der Waals surface area contributed by atoms with Gasteiger partial charge in [-0.2, -0.15) is 0 Å². The average Bonchev–Trinajstić information content (AvgIpc) is 2.30. The standard InChI is InChI=1S/C14H19NO2/c1-9-6-10-11(7-12(9)15(16)17)14(4,5)8-13(10,2)3/h6-7H,8H2,1-5H3. The third kappa shape index (κ3) is 1.74. The van der Waals surface area contributed by atoms with Crippen molar-refractivity contribution in [3.8, 4) is 0 Å². The Bertz CT molecular complexity index is 501. The molecule has 2 rings (SSSR count). The highest BCUT2D eigenvalue weighted by molar-refractivity contribution is 5.54. The van der Waals surface area contributed by atoms with Gasteiger partial charge in [0, 0.05) is 11.6 Å². The van der Waals surface area contributed by atoms with E-state index in [1.165, 1.54) is 5.56 Å². The van der Waals surface area contributed by atoms with Gasteiger partial charge in [0.25, 0.3) is 5.69 Å². The fourth-order valence-corrected chi connectivity index (χ4v) is 3.31. The van der Waals surface area contributed by atoms with Crippen LogP contribution in [0.5, 0.6) is 0 Å². The van der Waals surface area contributed by atoms with E-state index in [4.69, 9.17) is 0 Å². The molecule has 3 nitrogen and oxygen atoms in total. The molecule has 3 heteroatoms. The summed E-state index contributed by atoms with van der Waals surface area (Å²) in [5, 5.41) is 11.0. The quantitative estimate of drug-likeness (QED) is 0.546. The third-order valence-electron chi connectivity index (χ3n) is 3.87. The van der Waals surface area contributed by atoms with Crippen molar-refractivity contribution in [2.75, 3.05) is 0 Å². The Balaban J connectivity index is 2.72. The summed E-state index contributed by atoms with van der Waals surface area (Å²) >= 11 is 0. The van der Waals surface area contributed by atoms with Crippen LogP contribution in [0.2, 0.25) is 0 Å². The Kier molecular flexibility index (Phi) is 2.35. The number of nitrogens with zero attached hydrogens (tertiary/aromatic N) is 1. The SMILES string of the molecule is Cc1cc2c(cc1[N+](=O)[O-])C(C)(C)CC2(C)C. The first-order chi connectivity index (χ1) is 7.65. The number of nitro benzene ring substituents is 1. The van der Waals surface area contributed by atoms with Gasteiger partial charge in [0.1, 0.15) is 0 Å². The van der Waals surface area contributed by atoms with Crippen molar-refractivity contribution >= 4 is 5.69 Å². The highest BCUT2D eigenvalue weighted by Crippen LogP contribution is 2.50. The Morgan fingerprint density at radius 1 is 1.12 bits per heavy atom. The highest BCUT2D eigenvalue weighted by atomic mass is 16.6. The van der Waals surface area contributed by atoms with Crippen molar-refractivity contribution in [3.05, 3.63) is 38.9 Å². The number of benzene rings is 1. The molecule has 0 bridgehead atoms. The Morgan fingerprint density at radius 2 is 1.59 bits per heavy atom. The van der Waals surface area contributed by atoms with E-state index in [2.05, 4.69) is 27.7 Å². The largest absolute Gasteiger partial charge is 0.272 e. The van der Waals surface area contributed by atoms with Crippen LogP contribution in [0, 0.1) is 17.0 Å². The molecule has 1 aromatic carbocycles. The summed E-state index contributed by atoms with van der Waals surface area (Å²) in [6, 6.07) is 3.78. The summed E-state index contributed by atoms with van der Waals surface area (Å²) in [5.41, 5.74) is 3.55. The summed E-state index contributed by atoms with van der Waals surface area (Å²) in [4.78, 5) is 10.7. The summed E-state index contributed by atoms with van der Waals surface area (Å²) < 4.78 is 0. The summed E-state index contributed by atoms with van der Waals surface area (Å²) in [6.07, 6.45) is 1.04. The molecule has 0 heterocycles. The maximum Gasteiger partial charge on any atom is 0.272 e. The molecule has 1 aliphatic rings. The first kappa shape index (κ1) is 12.1. The lowest BCUT2D eigenvalue weighted by Crippen LogP contribution is -2.17. The van der Waals surface area contributed by atoms with Crippen molar-refractivity contribution in [2.24, 2.45) is 0 Å². The summed E-state index contributed by atoms with van der Waals surface area (Å²) in [6.45, 7) is 10.6. The monoisotopic (exact) mass is 233 g/mol. The molecule has 0 spiro atoms. The number of hydrogen-bond donors (Lipinski definition) is 0. The zero-order valence-electron chi connectivity index (χ0n) is 11.1. The molecule has 0 saturated carbocycles. The Hall–Kier alpha value is -1.38. The molecule has 1 aromatic rings. The first-order valence-electron chi connectivity index (χ1n) is 5.95. The van der Waals surface area contributed by atoms with E-state index in [-0.39, 0.29) is 21.4 Å². The topological polar surface area (TPSA) is 43.1 Å². The first-order valence-corrected chi connectivity index (χ1v) is 5.95. The molecular formula is C14H19NO2. The third-order valence-corrected chi connectivity index (χ3v) is 3.87. The molecule has 0 radical (unpaired) electrons. The second kappa shape index (κ2) is 3.31. The maximum atomic E-state index is 11.0. The second-order valence-corrected chi connectivity index (χ2v) is 6.39. The smallest absolute Gasteiger partial charge is 0.258 e. The van der Waals surface area contributed by atoms with Gasteiger partial charge < -0.3 is 0 Å². The van der Waals surface area contributed by atoms with Crippen LogP contribution in [0.4, 0.5) is 5.69 Å². The molecule has 0 aromatic heterocycles. The van der Waals surface area contributed by atoms with Crippen molar-refractivity contribution in [3.63, 3.8) is 0 Å². The van der Waals surface area contributed by atoms with E-state index in [0.29, 0.717) is 0 Å². The normalized spacial score (nSPS) is 20.1. The molecule has 0 fully saturated rings. The van der Waals surface area contributed by atoms with Crippen LogP contribution in [-0.4, -0.2) is 4.92 Å². The number of fused-ring (bicyclic) bond motifs is 1. The van der Waals surface area contributed by atoms with Gasteiger partial charge >= 0.3 is 0 Å². The zero-order chi connectivity index (χ0) is 13.0. The fourth-order valence-electron chi connectivity index (χ4n) is 3.31. The van der Waals surface area contributed by atoms with Gasteiger partial charge in [-0.25, -0.2) is 0 Å². The molecular weight excluding hydrogens is 214 g/mol. The van der Waals surface area contributed by atoms with Crippen LogP contribution in [-0.2, 0) is 10.8 Å². The fraction of sp³-hybridized carbons (Fsp3) is 0.571. The van der Waals surface area contributed by atoms with E-state index in [1.807, 2.05) is 13.0 Å². The van der Waals surface area contributed by atoms with Crippen LogP contribution < -0.4 is 0 Å². The lowest BCUT2D eigenvalue weighted by molar-refractivity contribution is -0.385. The minimum absolute atomic E-state index is 0.0251. The maximum absolute atomic E-state index is 11.0. The van der Waals surface area contributed by atoms with Crippen molar-refractivity contribution in [1.82, 2.24) is 0 Å². The number of hydrogen-bond acceptors (Lipinski definition) is 2. The predicted octanol–water partition coefficient (Wildman–Crippen LogP) is 3.86. The van der Waals surface area contributed by atoms with Gasteiger partial charge in [0.05, 0.1) is 4.92 Å². The van der Waals surface area contributed by atoms with Gasteiger partial charge in [-0.1, -0.05) is 27.7 Å². The van der Waals surface area contributed by atoms with Crippen molar-refractivity contribution < 1.29 is 4.92 Å². The zero-order valence-corrected chi connectivity index (χ0v) is 11.1. The minimum atomic E-state index is -0.281. The molecule has 1 aliphatic carbocycles. The van der Waals surface area contributed by atoms with E-state index in [9.17, 15) is 10.1 Å². The molecule has 0 aliphatic heterocycles. The van der Waals surface area contributed by atoms with E-state index >= 15 is 0 Å². The molecule has 0 N–H and O–H groups in total. The summed E-state index contributed by atoms with van der Waals surface area (Å²) in [5.74, 6) is 0. The number of aryl methyl sites for hydroxylation is 1. The lowest BCUT2D eigenvalue weighted by atomic mass is 9.82. The molecule has 0 unspecified atom stereocenters. The van der Waals surface area contributed by atoms with Gasteiger partial charge in [0.15, 0.2) is 0 Å². The van der Waals surface area contributed by atoms with Gasteiger partial charge in [-0.15, -0.1) is 0 Å². The minimum Gasteiger partial charge on any atom is -0.258 e. The lowest BCUT2D eigenvalue weighted by Gasteiger charge is -2.22. The van der Waals surface area contributed by atoms with Gasteiger partial charge in [-0.05, 0) is 41.4 Å². The molecule has 0 atom stereocenters. The number of nitro groups is 1. The van der Waals surface area contributed by atoms with E-state index in [0.717, 1.165) is 17.5 Å². The van der Waals surface area contributed by atoms with Crippen LogP contribution in [0.15, 0.2) is 12.1 Å². The van der Waals surface area contributed by atoms with Crippen molar-refractivity contribution in [1.29, 1.82) is 0 Å². The average molecular weight is 233 g/mol. The van der Waals surface area contributed by atoms with Crippen molar-refractivity contribution in [2.45, 2.75) is 51.9 Å². The summed E-state index contributed by atoms with van der Waals surface area (Å²) in [7, 11) is 0. The van der Waals surface area contributed by atoms with E-state index in [1.54, 1.807) is 6.07 Å². The highest BCUT2D eigenvalue weighted by Gasteiger charge is 2.43.